The summed E-state index contributed by atoms with van der Waals surface area (Å²) >= 11 is 1.19. The van der Waals surface area contributed by atoms with Crippen molar-refractivity contribution >= 4 is 26.8 Å². The molecule has 1 aliphatic heterocycles. The Bertz CT molecular complexity index is 1180. The number of sulfone groups is 1. The van der Waals surface area contributed by atoms with E-state index in [-0.39, 0.29) is 20.7 Å². The predicted molar refractivity (Wildman–Crippen MR) is 118 cm³/mol. The maximum absolute atomic E-state index is 13.1. The van der Waals surface area contributed by atoms with Gasteiger partial charge in [0, 0.05) is 5.56 Å². The monoisotopic (exact) mass is 461 g/mol. The predicted octanol–water partition coefficient (Wildman–Crippen LogP) is 2.98. The van der Waals surface area contributed by atoms with Crippen LogP contribution in [0.2, 0.25) is 0 Å². The highest BCUT2D eigenvalue weighted by molar-refractivity contribution is 8.13. The number of rotatable bonds is 3. The Morgan fingerprint density at radius 3 is 2.52 bits per heavy atom. The fourth-order valence-corrected chi connectivity index (χ4v) is 4.99. The molecule has 8 nitrogen and oxygen atoms in total. The fourth-order valence-electron chi connectivity index (χ4n) is 3.29. The van der Waals surface area contributed by atoms with Crippen molar-refractivity contribution in [2.45, 2.75) is 47.8 Å². The smallest absolute Gasteiger partial charge is 0.206 e. The van der Waals surface area contributed by atoms with Crippen LogP contribution in [0.4, 0.5) is 0 Å². The number of aliphatic imine (C=N–C) groups is 1. The third-order valence-corrected chi connectivity index (χ3v) is 7.78. The van der Waals surface area contributed by atoms with Gasteiger partial charge in [-0.15, -0.1) is 0 Å². The molecular formula is C21H23N3O5S2. The van der Waals surface area contributed by atoms with E-state index in [4.69, 9.17) is 10.00 Å². The van der Waals surface area contributed by atoms with Gasteiger partial charge in [-0.3, -0.25) is 10.3 Å². The van der Waals surface area contributed by atoms with Gasteiger partial charge in [0.25, 0.3) is 0 Å². The molecular weight excluding hydrogens is 438 g/mol. The number of nitrogens with one attached hydrogen (secondary N) is 1. The lowest BCUT2D eigenvalue weighted by atomic mass is 9.76. The first kappa shape index (κ1) is 22.9. The Labute approximate surface area is 185 Å². The molecule has 2 aromatic carbocycles. The van der Waals surface area contributed by atoms with Crippen molar-refractivity contribution in [1.29, 1.82) is 5.26 Å². The molecule has 0 aliphatic carbocycles. The maximum atomic E-state index is 13.1. The fraction of sp³-hybridized carbons (Fsp3) is 0.333. The van der Waals surface area contributed by atoms with Crippen LogP contribution in [0.1, 0.15) is 32.4 Å². The summed E-state index contributed by atoms with van der Waals surface area (Å²) in [6, 6.07) is 8.84. The summed E-state index contributed by atoms with van der Waals surface area (Å²) in [7, 11) is -3.95. The number of hydrogen-bond acceptors (Lipinski definition) is 8. The summed E-state index contributed by atoms with van der Waals surface area (Å²) in [6.07, 6.45) is 3.54. The average Bonchev–Trinajstić information content (AvgIpc) is 2.70. The number of hydrogen-bond donors (Lipinski definition) is 3. The molecule has 0 fully saturated rings. The number of benzene rings is 2. The van der Waals surface area contributed by atoms with E-state index in [1.54, 1.807) is 27.0 Å². The van der Waals surface area contributed by atoms with Crippen LogP contribution in [-0.2, 0) is 9.84 Å². The number of phenols is 1. The SMILES string of the molecule is CSC(=N[C@H]1c2cc(S(=O)(=O)c3cccc(O)c3)ccc2OC(C)(C)[C@@]1(C)O)NC#N. The van der Waals surface area contributed by atoms with Gasteiger partial charge in [-0.25, -0.2) is 8.42 Å². The third-order valence-electron chi connectivity index (χ3n) is 5.43. The summed E-state index contributed by atoms with van der Waals surface area (Å²) in [4.78, 5) is 4.43. The van der Waals surface area contributed by atoms with E-state index in [1.807, 2.05) is 6.19 Å². The van der Waals surface area contributed by atoms with Crippen LogP contribution >= 0.6 is 11.8 Å². The van der Waals surface area contributed by atoms with E-state index < -0.39 is 27.1 Å². The van der Waals surface area contributed by atoms with E-state index in [2.05, 4.69) is 10.3 Å². The average molecular weight is 462 g/mol. The molecule has 0 saturated carbocycles. The van der Waals surface area contributed by atoms with Crippen LogP contribution in [-0.4, -0.2) is 41.3 Å². The molecule has 2 atom stereocenters. The Morgan fingerprint density at radius 2 is 1.90 bits per heavy atom. The van der Waals surface area contributed by atoms with Gasteiger partial charge in [0.15, 0.2) is 11.4 Å². The third kappa shape index (κ3) is 4.08. The van der Waals surface area contributed by atoms with Gasteiger partial charge in [-0.1, -0.05) is 17.8 Å². The lowest BCUT2D eigenvalue weighted by Gasteiger charge is -2.48. The van der Waals surface area contributed by atoms with Crippen molar-refractivity contribution in [1.82, 2.24) is 5.32 Å². The molecule has 0 amide bonds. The molecule has 0 bridgehead atoms. The van der Waals surface area contributed by atoms with Gasteiger partial charge >= 0.3 is 0 Å². The van der Waals surface area contributed by atoms with Crippen molar-refractivity contribution in [3.8, 4) is 17.7 Å². The minimum Gasteiger partial charge on any atom is -0.508 e. The first-order valence-electron chi connectivity index (χ1n) is 9.30. The molecule has 2 aromatic rings. The number of aromatic hydroxyl groups is 1. The quantitative estimate of drug-likeness (QED) is 0.275. The van der Waals surface area contributed by atoms with Gasteiger partial charge < -0.3 is 14.9 Å². The van der Waals surface area contributed by atoms with E-state index >= 15 is 0 Å². The largest absolute Gasteiger partial charge is 0.508 e. The van der Waals surface area contributed by atoms with E-state index in [1.165, 1.54) is 54.2 Å². The second-order valence-electron chi connectivity index (χ2n) is 7.74. The number of thioether (sulfide) groups is 1. The molecule has 0 spiro atoms. The van der Waals surface area contributed by atoms with Crippen LogP contribution in [0.5, 0.6) is 11.5 Å². The number of nitriles is 1. The Balaban J connectivity index is 2.21. The van der Waals surface area contributed by atoms with Crippen LogP contribution in [0.3, 0.4) is 0 Å². The second-order valence-corrected chi connectivity index (χ2v) is 10.5. The van der Waals surface area contributed by atoms with Crippen molar-refractivity contribution in [2.24, 2.45) is 4.99 Å². The number of fused-ring (bicyclic) bond motifs is 1. The first-order valence-corrected chi connectivity index (χ1v) is 12.0. The number of amidine groups is 1. The summed E-state index contributed by atoms with van der Waals surface area (Å²) in [5.74, 6) is 0.222. The standard InChI is InChI=1S/C21H23N3O5S2/c1-20(2)21(3,26)18(24-19(30-4)23-12-22)16-11-15(8-9-17(16)29-20)31(27,28)14-7-5-6-13(25)10-14/h5-11,18,25-26H,1-4H3,(H,23,24)/t18-,21-/m0/s1. The molecule has 164 valence electrons. The number of phenolic OH excluding ortho intramolecular Hbond substituents is 1. The molecule has 0 saturated heterocycles. The molecule has 31 heavy (non-hydrogen) atoms. The highest BCUT2D eigenvalue weighted by Gasteiger charge is 2.53. The van der Waals surface area contributed by atoms with Crippen LogP contribution in [0.15, 0.2) is 57.2 Å². The Kier molecular flexibility index (Phi) is 5.97. The number of nitrogens with zero attached hydrogens (tertiary/aromatic N) is 2. The molecule has 0 aromatic heterocycles. The van der Waals surface area contributed by atoms with Gasteiger partial charge in [0.2, 0.25) is 9.84 Å². The topological polar surface area (TPSA) is 132 Å². The van der Waals surface area contributed by atoms with Crippen LogP contribution in [0.25, 0.3) is 0 Å². The molecule has 10 heteroatoms. The van der Waals surface area contributed by atoms with E-state index in [0.29, 0.717) is 11.3 Å². The Morgan fingerprint density at radius 1 is 1.23 bits per heavy atom. The first-order chi connectivity index (χ1) is 14.4. The summed E-state index contributed by atoms with van der Waals surface area (Å²) < 4.78 is 32.3. The van der Waals surface area contributed by atoms with E-state index in [0.717, 1.165) is 0 Å². The zero-order chi connectivity index (χ0) is 23.0. The zero-order valence-corrected chi connectivity index (χ0v) is 19.1. The highest BCUT2D eigenvalue weighted by atomic mass is 32.2. The molecule has 0 unspecified atom stereocenters. The van der Waals surface area contributed by atoms with Gasteiger partial charge in [0.1, 0.15) is 28.7 Å². The maximum Gasteiger partial charge on any atom is 0.206 e. The molecule has 3 N–H and O–H groups in total. The number of ether oxygens (including phenoxy) is 1. The van der Waals surface area contributed by atoms with Gasteiger partial charge in [-0.05, 0) is 63.4 Å². The van der Waals surface area contributed by atoms with Crippen molar-refractivity contribution in [2.75, 3.05) is 6.26 Å². The van der Waals surface area contributed by atoms with Crippen LogP contribution < -0.4 is 10.1 Å². The summed E-state index contributed by atoms with van der Waals surface area (Å²) in [6.45, 7) is 4.99. The minimum absolute atomic E-state index is 0.0323. The normalized spacial score (nSPS) is 22.7. The van der Waals surface area contributed by atoms with E-state index in [9.17, 15) is 18.6 Å². The lowest BCUT2D eigenvalue weighted by Crippen LogP contribution is -2.58. The number of aliphatic hydroxyl groups is 1. The highest BCUT2D eigenvalue weighted by Crippen LogP contribution is 2.49. The minimum atomic E-state index is -3.95. The van der Waals surface area contributed by atoms with Crippen LogP contribution in [0, 0.1) is 11.5 Å². The van der Waals surface area contributed by atoms with Gasteiger partial charge in [0.05, 0.1) is 9.79 Å². The molecule has 0 radical (unpaired) electrons. The van der Waals surface area contributed by atoms with Crippen molar-refractivity contribution in [3.63, 3.8) is 0 Å². The Hall–Kier alpha value is -2.74. The molecule has 3 rings (SSSR count). The second kappa shape index (κ2) is 8.07. The zero-order valence-electron chi connectivity index (χ0n) is 17.4. The summed E-state index contributed by atoms with van der Waals surface area (Å²) in [5.41, 5.74) is -2.20. The summed E-state index contributed by atoms with van der Waals surface area (Å²) in [5, 5.41) is 32.8. The van der Waals surface area contributed by atoms with Crippen molar-refractivity contribution in [3.05, 3.63) is 48.0 Å². The van der Waals surface area contributed by atoms with Gasteiger partial charge in [-0.2, -0.15) is 5.26 Å². The lowest BCUT2D eigenvalue weighted by molar-refractivity contribution is -0.131. The van der Waals surface area contributed by atoms with Crippen molar-refractivity contribution < 1.29 is 23.4 Å². The molecule has 1 heterocycles. The molecule has 1 aliphatic rings.